The molecule has 0 amide bonds. The maximum Gasteiger partial charge on any atom is 0.341 e. The lowest BCUT2D eigenvalue weighted by Gasteiger charge is -2.06. The van der Waals surface area contributed by atoms with Gasteiger partial charge in [-0.3, -0.25) is 0 Å². The molecule has 0 aromatic heterocycles. The Morgan fingerprint density at radius 3 is 2.36 bits per heavy atom. The SMILES string of the molecule is CCOC(=O)c1c(Cl)cc(Br)cc1Cl. The molecule has 14 heavy (non-hydrogen) atoms. The molecular weight excluding hydrogens is 291 g/mol. The first-order valence-corrected chi connectivity index (χ1v) is 5.42. The molecule has 0 heterocycles. The van der Waals surface area contributed by atoms with Crippen LogP contribution in [0.2, 0.25) is 10.0 Å². The van der Waals surface area contributed by atoms with E-state index in [0.29, 0.717) is 6.61 Å². The van der Waals surface area contributed by atoms with Crippen LogP contribution in [0.4, 0.5) is 0 Å². The summed E-state index contributed by atoms with van der Waals surface area (Å²) < 4.78 is 5.53. The van der Waals surface area contributed by atoms with Crippen LogP contribution in [0.25, 0.3) is 0 Å². The van der Waals surface area contributed by atoms with Crippen molar-refractivity contribution in [2.24, 2.45) is 0 Å². The molecule has 0 aliphatic rings. The standard InChI is InChI=1S/C9H7BrCl2O2/c1-2-14-9(13)8-6(11)3-5(10)4-7(8)12/h3-4H,2H2,1H3. The summed E-state index contributed by atoms with van der Waals surface area (Å²) in [5, 5.41) is 0.561. The fourth-order valence-corrected chi connectivity index (χ4v) is 2.30. The third-order valence-corrected chi connectivity index (χ3v) is 2.54. The average Bonchev–Trinajstić information content (AvgIpc) is 2.01. The molecule has 0 atom stereocenters. The van der Waals surface area contributed by atoms with E-state index in [-0.39, 0.29) is 15.6 Å². The lowest BCUT2D eigenvalue weighted by atomic mass is 10.2. The average molecular weight is 298 g/mol. The number of ether oxygens (including phenoxy) is 1. The van der Waals surface area contributed by atoms with Crippen LogP contribution in [-0.4, -0.2) is 12.6 Å². The Morgan fingerprint density at radius 2 is 1.93 bits per heavy atom. The van der Waals surface area contributed by atoms with Gasteiger partial charge in [0.1, 0.15) is 0 Å². The van der Waals surface area contributed by atoms with Crippen LogP contribution in [0.3, 0.4) is 0 Å². The topological polar surface area (TPSA) is 26.3 Å². The summed E-state index contributed by atoms with van der Waals surface area (Å²) in [6, 6.07) is 3.19. The number of esters is 1. The molecule has 1 rings (SSSR count). The minimum absolute atomic E-state index is 0.207. The zero-order valence-corrected chi connectivity index (χ0v) is 10.4. The first kappa shape index (κ1) is 11.8. The molecule has 0 aliphatic heterocycles. The third-order valence-electron chi connectivity index (χ3n) is 1.49. The molecule has 76 valence electrons. The molecule has 2 nitrogen and oxygen atoms in total. The Bertz CT molecular complexity index is 343. The van der Waals surface area contributed by atoms with Crippen LogP contribution in [0.5, 0.6) is 0 Å². The highest BCUT2D eigenvalue weighted by atomic mass is 79.9. The summed E-state index contributed by atoms with van der Waals surface area (Å²) >= 11 is 14.9. The molecule has 5 heteroatoms. The van der Waals surface area contributed by atoms with E-state index in [0.717, 1.165) is 4.47 Å². The van der Waals surface area contributed by atoms with Crippen LogP contribution in [0, 0.1) is 0 Å². The van der Waals surface area contributed by atoms with Crippen molar-refractivity contribution in [2.45, 2.75) is 6.92 Å². The smallest absolute Gasteiger partial charge is 0.341 e. The molecule has 0 spiro atoms. The van der Waals surface area contributed by atoms with Crippen molar-refractivity contribution >= 4 is 45.1 Å². The van der Waals surface area contributed by atoms with Gasteiger partial charge in [0.2, 0.25) is 0 Å². The van der Waals surface area contributed by atoms with E-state index in [9.17, 15) is 4.79 Å². The van der Waals surface area contributed by atoms with E-state index in [4.69, 9.17) is 27.9 Å². The van der Waals surface area contributed by atoms with Gasteiger partial charge in [0.15, 0.2) is 0 Å². The highest BCUT2D eigenvalue weighted by molar-refractivity contribution is 9.10. The quantitative estimate of drug-likeness (QED) is 0.773. The molecule has 1 aromatic rings. The van der Waals surface area contributed by atoms with E-state index in [1.807, 2.05) is 0 Å². The van der Waals surface area contributed by atoms with Gasteiger partial charge >= 0.3 is 5.97 Å². The number of halogens is 3. The summed E-state index contributed by atoms with van der Waals surface area (Å²) in [4.78, 5) is 11.4. The predicted octanol–water partition coefficient (Wildman–Crippen LogP) is 3.93. The van der Waals surface area contributed by atoms with Crippen molar-refractivity contribution in [1.82, 2.24) is 0 Å². The maximum absolute atomic E-state index is 11.4. The van der Waals surface area contributed by atoms with Gasteiger partial charge in [0, 0.05) is 4.47 Å². The van der Waals surface area contributed by atoms with Crippen molar-refractivity contribution < 1.29 is 9.53 Å². The molecule has 0 unspecified atom stereocenters. The van der Waals surface area contributed by atoms with Gasteiger partial charge in [0.25, 0.3) is 0 Å². The first-order chi connectivity index (χ1) is 6.56. The van der Waals surface area contributed by atoms with Gasteiger partial charge in [-0.05, 0) is 19.1 Å². The van der Waals surface area contributed by atoms with Crippen LogP contribution in [0.15, 0.2) is 16.6 Å². The number of benzene rings is 1. The number of rotatable bonds is 2. The van der Waals surface area contributed by atoms with Crippen LogP contribution in [-0.2, 0) is 4.74 Å². The van der Waals surface area contributed by atoms with Crippen molar-refractivity contribution in [2.75, 3.05) is 6.61 Å². The van der Waals surface area contributed by atoms with E-state index >= 15 is 0 Å². The van der Waals surface area contributed by atoms with Gasteiger partial charge < -0.3 is 4.74 Å². The van der Waals surface area contributed by atoms with Crippen molar-refractivity contribution in [1.29, 1.82) is 0 Å². The third kappa shape index (κ3) is 2.62. The fourth-order valence-electron chi connectivity index (χ4n) is 0.940. The highest BCUT2D eigenvalue weighted by Gasteiger charge is 2.16. The second-order valence-electron chi connectivity index (χ2n) is 2.46. The summed E-state index contributed by atoms with van der Waals surface area (Å²) in [5.41, 5.74) is 0.207. The van der Waals surface area contributed by atoms with Crippen LogP contribution < -0.4 is 0 Å². The summed E-state index contributed by atoms with van der Waals surface area (Å²) in [5.74, 6) is -0.505. The predicted molar refractivity (Wildman–Crippen MR) is 60.1 cm³/mol. The summed E-state index contributed by atoms with van der Waals surface area (Å²) in [7, 11) is 0. The van der Waals surface area contributed by atoms with Crippen molar-refractivity contribution in [3.63, 3.8) is 0 Å². The minimum atomic E-state index is -0.505. The van der Waals surface area contributed by atoms with Gasteiger partial charge in [-0.2, -0.15) is 0 Å². The van der Waals surface area contributed by atoms with Gasteiger partial charge in [-0.15, -0.1) is 0 Å². The van der Waals surface area contributed by atoms with Crippen molar-refractivity contribution in [3.05, 3.63) is 32.2 Å². The molecule has 0 saturated heterocycles. The van der Waals surface area contributed by atoms with Gasteiger partial charge in [-0.25, -0.2) is 4.79 Å². The lowest BCUT2D eigenvalue weighted by molar-refractivity contribution is 0.0527. The molecule has 0 N–H and O–H groups in total. The molecular formula is C9H7BrCl2O2. The Kier molecular flexibility index (Phi) is 4.23. The molecule has 0 saturated carbocycles. The van der Waals surface area contributed by atoms with E-state index in [1.165, 1.54) is 0 Å². The molecule has 0 radical (unpaired) electrons. The van der Waals surface area contributed by atoms with E-state index in [2.05, 4.69) is 15.9 Å². The van der Waals surface area contributed by atoms with Crippen LogP contribution in [0.1, 0.15) is 17.3 Å². The summed E-state index contributed by atoms with van der Waals surface area (Å²) in [6.45, 7) is 2.01. The number of carbonyl (C=O) groups is 1. The van der Waals surface area contributed by atoms with Crippen LogP contribution >= 0.6 is 39.1 Å². The van der Waals surface area contributed by atoms with Gasteiger partial charge in [-0.1, -0.05) is 39.1 Å². The maximum atomic E-state index is 11.4. The number of hydrogen-bond donors (Lipinski definition) is 0. The molecule has 0 aliphatic carbocycles. The normalized spacial score (nSPS) is 10.0. The Balaban J connectivity index is 3.14. The monoisotopic (exact) mass is 296 g/mol. The Labute approximate surface area is 100 Å². The largest absolute Gasteiger partial charge is 0.462 e. The molecule has 0 fully saturated rings. The number of carbonyl (C=O) groups excluding carboxylic acids is 1. The fraction of sp³-hybridized carbons (Fsp3) is 0.222. The van der Waals surface area contributed by atoms with E-state index < -0.39 is 5.97 Å². The van der Waals surface area contributed by atoms with E-state index in [1.54, 1.807) is 19.1 Å². The first-order valence-electron chi connectivity index (χ1n) is 3.88. The van der Waals surface area contributed by atoms with Gasteiger partial charge in [0.05, 0.1) is 22.2 Å². The zero-order chi connectivity index (χ0) is 10.7. The highest BCUT2D eigenvalue weighted by Crippen LogP contribution is 2.29. The lowest BCUT2D eigenvalue weighted by Crippen LogP contribution is -2.06. The Morgan fingerprint density at radius 1 is 1.43 bits per heavy atom. The zero-order valence-electron chi connectivity index (χ0n) is 7.31. The molecule has 1 aromatic carbocycles. The second-order valence-corrected chi connectivity index (χ2v) is 4.19. The number of hydrogen-bond acceptors (Lipinski definition) is 2. The molecule has 0 bridgehead atoms. The minimum Gasteiger partial charge on any atom is -0.462 e. The van der Waals surface area contributed by atoms with Crippen molar-refractivity contribution in [3.8, 4) is 0 Å². The summed E-state index contributed by atoms with van der Waals surface area (Å²) in [6.07, 6.45) is 0. The Hall–Kier alpha value is -0.250. The second kappa shape index (κ2) is 5.01.